The third-order valence-electron chi connectivity index (χ3n) is 3.32. The molecule has 0 radical (unpaired) electrons. The number of carbonyl (C=O) groups is 1. The highest BCUT2D eigenvalue weighted by atomic mass is 32.1. The molecule has 3 aromatic rings. The first-order valence-corrected chi connectivity index (χ1v) is 7.44. The van der Waals surface area contributed by atoms with Gasteiger partial charge in [-0.2, -0.15) is 13.2 Å². The number of hydrogen-bond acceptors (Lipinski definition) is 5. The lowest BCUT2D eigenvalue weighted by atomic mass is 10.2. The van der Waals surface area contributed by atoms with Crippen LogP contribution in [-0.2, 0) is 6.18 Å². The van der Waals surface area contributed by atoms with Crippen molar-refractivity contribution in [2.24, 2.45) is 0 Å². The van der Waals surface area contributed by atoms with Crippen LogP contribution < -0.4 is 15.5 Å². The van der Waals surface area contributed by atoms with Gasteiger partial charge in [-0.3, -0.25) is 14.7 Å². The van der Waals surface area contributed by atoms with Crippen LogP contribution in [0, 0.1) is 5.21 Å². The Balaban J connectivity index is 1.70. The molecular formula is C15H9F3N4O3S. The van der Waals surface area contributed by atoms with Crippen molar-refractivity contribution in [3.63, 3.8) is 0 Å². The number of alkyl halides is 3. The summed E-state index contributed by atoms with van der Waals surface area (Å²) in [5, 5.41) is 19.3. The molecule has 0 saturated carbocycles. The van der Waals surface area contributed by atoms with Crippen LogP contribution in [0.1, 0.15) is 15.9 Å². The molecule has 0 atom stereocenters. The Labute approximate surface area is 148 Å². The zero-order valence-electron chi connectivity index (χ0n) is 12.7. The van der Waals surface area contributed by atoms with Crippen molar-refractivity contribution in [3.8, 4) is 0 Å². The van der Waals surface area contributed by atoms with Gasteiger partial charge in [-0.1, -0.05) is 6.07 Å². The Morgan fingerprint density at radius 3 is 2.73 bits per heavy atom. The maximum atomic E-state index is 12.7. The molecule has 0 spiro atoms. The molecule has 3 rings (SSSR count). The van der Waals surface area contributed by atoms with Gasteiger partial charge in [0, 0.05) is 22.5 Å². The van der Waals surface area contributed by atoms with Crippen molar-refractivity contribution in [1.29, 1.82) is 0 Å². The first-order valence-electron chi connectivity index (χ1n) is 7.03. The highest BCUT2D eigenvalue weighted by Crippen LogP contribution is 2.30. The number of thiocarbonyl (C=S) groups is 1. The van der Waals surface area contributed by atoms with E-state index in [0.717, 1.165) is 12.1 Å². The predicted octanol–water partition coefficient (Wildman–Crippen LogP) is 2.61. The SMILES string of the molecule is O=C(NC(=S)Nc1cccc(C(F)(F)F)c1)c1ccc2c(c1)no[n+]2[O-]. The van der Waals surface area contributed by atoms with Crippen LogP contribution in [-0.4, -0.2) is 16.2 Å². The monoisotopic (exact) mass is 382 g/mol. The van der Waals surface area contributed by atoms with Crippen molar-refractivity contribution in [2.75, 3.05) is 5.32 Å². The normalized spacial score (nSPS) is 11.3. The number of rotatable bonds is 2. The van der Waals surface area contributed by atoms with Gasteiger partial charge in [0.1, 0.15) is 0 Å². The molecule has 0 unspecified atom stereocenters. The van der Waals surface area contributed by atoms with E-state index in [0.29, 0.717) is 0 Å². The van der Waals surface area contributed by atoms with Crippen molar-refractivity contribution in [2.45, 2.75) is 6.18 Å². The number of hydrogen-bond donors (Lipinski definition) is 2. The highest BCUT2D eigenvalue weighted by molar-refractivity contribution is 7.80. The molecule has 1 heterocycles. The van der Waals surface area contributed by atoms with Gasteiger partial charge in [-0.05, 0) is 47.5 Å². The molecule has 2 aromatic carbocycles. The fourth-order valence-corrected chi connectivity index (χ4v) is 2.34. The largest absolute Gasteiger partial charge is 0.416 e. The van der Waals surface area contributed by atoms with E-state index in [1.165, 1.54) is 30.3 Å². The molecule has 11 heteroatoms. The quantitative estimate of drug-likeness (QED) is 0.523. The lowest BCUT2D eigenvalue weighted by Gasteiger charge is -2.12. The molecule has 0 fully saturated rings. The minimum Gasteiger partial charge on any atom is -0.359 e. The number of anilines is 1. The fourth-order valence-electron chi connectivity index (χ4n) is 2.13. The van der Waals surface area contributed by atoms with Crippen LogP contribution in [0.3, 0.4) is 0 Å². The standard InChI is InChI=1S/C15H9F3N4O3S/c16-15(17,18)9-2-1-3-10(7-9)19-14(26)20-13(23)8-4-5-12-11(6-8)21-25-22(12)24/h1-7H,(H2,19,20,23,26). The number of benzene rings is 2. The first kappa shape index (κ1) is 17.6. The Morgan fingerprint density at radius 2 is 2.00 bits per heavy atom. The summed E-state index contributed by atoms with van der Waals surface area (Å²) in [5.74, 6) is -0.628. The highest BCUT2D eigenvalue weighted by Gasteiger charge is 2.30. The summed E-state index contributed by atoms with van der Waals surface area (Å²) in [6.45, 7) is 0. The third-order valence-corrected chi connectivity index (χ3v) is 3.53. The Bertz CT molecular complexity index is 1000. The van der Waals surface area contributed by atoms with E-state index in [1.54, 1.807) is 0 Å². The second-order valence-corrected chi connectivity index (χ2v) is 5.53. The van der Waals surface area contributed by atoms with Crippen LogP contribution in [0.25, 0.3) is 11.0 Å². The summed E-state index contributed by atoms with van der Waals surface area (Å²) < 4.78 is 42.5. The third kappa shape index (κ3) is 3.72. The van der Waals surface area contributed by atoms with Crippen LogP contribution in [0.15, 0.2) is 47.1 Å². The van der Waals surface area contributed by atoms with Gasteiger partial charge in [-0.15, -0.1) is 0 Å². The molecule has 26 heavy (non-hydrogen) atoms. The van der Waals surface area contributed by atoms with Crippen LogP contribution in [0.5, 0.6) is 0 Å². The zero-order valence-corrected chi connectivity index (χ0v) is 13.5. The molecule has 1 aromatic heterocycles. The van der Waals surface area contributed by atoms with E-state index >= 15 is 0 Å². The van der Waals surface area contributed by atoms with E-state index in [4.69, 9.17) is 12.2 Å². The number of nitrogens with zero attached hydrogens (tertiary/aromatic N) is 2. The van der Waals surface area contributed by atoms with Gasteiger partial charge in [0.25, 0.3) is 5.91 Å². The second kappa shape index (κ2) is 6.59. The van der Waals surface area contributed by atoms with Gasteiger partial charge in [0.15, 0.2) is 5.11 Å². The lowest BCUT2D eigenvalue weighted by molar-refractivity contribution is -0.782. The van der Waals surface area contributed by atoms with E-state index in [2.05, 4.69) is 20.4 Å². The van der Waals surface area contributed by atoms with E-state index < -0.39 is 17.6 Å². The van der Waals surface area contributed by atoms with Crippen molar-refractivity contribution >= 4 is 40.0 Å². The number of fused-ring (bicyclic) bond motifs is 1. The second-order valence-electron chi connectivity index (χ2n) is 5.12. The molecule has 0 aliphatic carbocycles. The van der Waals surface area contributed by atoms with Gasteiger partial charge < -0.3 is 10.5 Å². The summed E-state index contributed by atoms with van der Waals surface area (Å²) in [5.41, 5.74) is -0.321. The summed E-state index contributed by atoms with van der Waals surface area (Å²) >= 11 is 4.94. The van der Waals surface area contributed by atoms with E-state index in [1.807, 2.05) is 0 Å². The van der Waals surface area contributed by atoms with Gasteiger partial charge in [0.05, 0.1) is 5.56 Å². The van der Waals surface area contributed by atoms with Crippen molar-refractivity contribution in [3.05, 3.63) is 58.8 Å². The van der Waals surface area contributed by atoms with Crippen LogP contribution in [0.2, 0.25) is 0 Å². The van der Waals surface area contributed by atoms with E-state index in [-0.39, 0.29) is 32.3 Å². The minimum atomic E-state index is -4.49. The van der Waals surface area contributed by atoms with Crippen molar-refractivity contribution in [1.82, 2.24) is 10.5 Å². The van der Waals surface area contributed by atoms with Crippen LogP contribution >= 0.6 is 12.2 Å². The van der Waals surface area contributed by atoms with Gasteiger partial charge in [-0.25, -0.2) is 0 Å². The molecule has 0 saturated heterocycles. The number of aromatic nitrogens is 2. The number of amides is 1. The Kier molecular flexibility index (Phi) is 4.47. The molecule has 0 aliphatic heterocycles. The predicted molar refractivity (Wildman–Crippen MR) is 88.1 cm³/mol. The molecule has 134 valence electrons. The zero-order chi connectivity index (χ0) is 18.9. The van der Waals surface area contributed by atoms with Gasteiger partial charge in [0.2, 0.25) is 11.0 Å². The smallest absolute Gasteiger partial charge is 0.359 e. The van der Waals surface area contributed by atoms with E-state index in [9.17, 15) is 23.2 Å². The maximum absolute atomic E-state index is 12.7. The summed E-state index contributed by atoms with van der Waals surface area (Å²) in [6.07, 6.45) is -4.49. The molecular weight excluding hydrogens is 373 g/mol. The average Bonchev–Trinajstić information content (AvgIpc) is 2.95. The maximum Gasteiger partial charge on any atom is 0.416 e. The topological polar surface area (TPSA) is 94.1 Å². The fraction of sp³-hybridized carbons (Fsp3) is 0.0667. The summed E-state index contributed by atoms with van der Waals surface area (Å²) in [6, 6.07) is 8.40. The lowest BCUT2D eigenvalue weighted by Crippen LogP contribution is -2.34. The molecule has 7 nitrogen and oxygen atoms in total. The average molecular weight is 382 g/mol. The van der Waals surface area contributed by atoms with Crippen molar-refractivity contribution < 1.29 is 27.5 Å². The molecule has 0 bridgehead atoms. The number of halogens is 3. The molecule has 2 N–H and O–H groups in total. The summed E-state index contributed by atoms with van der Waals surface area (Å²) in [7, 11) is 0. The Morgan fingerprint density at radius 1 is 1.23 bits per heavy atom. The Hall–Kier alpha value is -3.21. The first-order chi connectivity index (χ1) is 12.2. The minimum absolute atomic E-state index is 0.0736. The molecule has 1 amide bonds. The number of carbonyl (C=O) groups excluding carboxylic acids is 1. The van der Waals surface area contributed by atoms with Crippen LogP contribution in [0.4, 0.5) is 18.9 Å². The molecule has 0 aliphatic rings. The van der Waals surface area contributed by atoms with Gasteiger partial charge >= 0.3 is 6.18 Å². The number of nitrogens with one attached hydrogen (secondary N) is 2. The summed E-state index contributed by atoms with van der Waals surface area (Å²) in [4.78, 5) is 12.4.